The molecule has 7 nitrogen and oxygen atoms in total. The SMILES string of the molecule is CCN(CC)S(=O)(=O)c1ccc(N2CCCC2)c(NC(=O)COC)c1. The van der Waals surface area contributed by atoms with Crippen LogP contribution in [0.4, 0.5) is 11.4 Å². The Morgan fingerprint density at radius 3 is 2.44 bits per heavy atom. The predicted molar refractivity (Wildman–Crippen MR) is 98.5 cm³/mol. The highest BCUT2D eigenvalue weighted by atomic mass is 32.2. The van der Waals surface area contributed by atoms with Crippen molar-refractivity contribution in [1.29, 1.82) is 0 Å². The summed E-state index contributed by atoms with van der Waals surface area (Å²) in [6.45, 7) is 6.13. The van der Waals surface area contributed by atoms with Gasteiger partial charge in [-0.25, -0.2) is 8.42 Å². The number of methoxy groups -OCH3 is 1. The lowest BCUT2D eigenvalue weighted by Gasteiger charge is -2.24. The van der Waals surface area contributed by atoms with Crippen LogP contribution in [0.2, 0.25) is 0 Å². The van der Waals surface area contributed by atoms with Gasteiger partial charge in [0.25, 0.3) is 0 Å². The first-order valence-corrected chi connectivity index (χ1v) is 10.1. The third kappa shape index (κ3) is 4.50. The van der Waals surface area contributed by atoms with E-state index >= 15 is 0 Å². The van der Waals surface area contributed by atoms with Gasteiger partial charge in [-0.05, 0) is 31.0 Å². The number of carbonyl (C=O) groups is 1. The number of benzene rings is 1. The van der Waals surface area contributed by atoms with Crippen LogP contribution in [0.3, 0.4) is 0 Å². The van der Waals surface area contributed by atoms with Gasteiger partial charge in [0.2, 0.25) is 15.9 Å². The molecule has 0 aromatic heterocycles. The van der Waals surface area contributed by atoms with Crippen LogP contribution in [0.15, 0.2) is 23.1 Å². The molecular weight excluding hydrogens is 342 g/mol. The zero-order valence-corrected chi connectivity index (χ0v) is 15.9. The summed E-state index contributed by atoms with van der Waals surface area (Å²) in [7, 11) is -2.13. The normalized spacial score (nSPS) is 15.0. The third-order valence-electron chi connectivity index (χ3n) is 4.31. The number of ether oxygens (including phenoxy) is 1. The molecule has 1 amide bonds. The first kappa shape index (κ1) is 19.7. The maximum absolute atomic E-state index is 12.8. The Morgan fingerprint density at radius 1 is 1.24 bits per heavy atom. The lowest BCUT2D eigenvalue weighted by Crippen LogP contribution is -2.31. The summed E-state index contributed by atoms with van der Waals surface area (Å²) in [6, 6.07) is 4.95. The molecule has 2 rings (SSSR count). The molecule has 25 heavy (non-hydrogen) atoms. The van der Waals surface area contributed by atoms with Gasteiger partial charge in [0.05, 0.1) is 16.3 Å². The number of hydrogen-bond donors (Lipinski definition) is 1. The maximum Gasteiger partial charge on any atom is 0.250 e. The van der Waals surface area contributed by atoms with Crippen LogP contribution in [-0.2, 0) is 19.6 Å². The average Bonchev–Trinajstić information content (AvgIpc) is 3.10. The Labute approximate surface area is 150 Å². The summed E-state index contributed by atoms with van der Waals surface area (Å²) < 4.78 is 31.8. The van der Waals surface area contributed by atoms with E-state index in [2.05, 4.69) is 10.2 Å². The van der Waals surface area contributed by atoms with E-state index in [0.717, 1.165) is 31.6 Å². The summed E-state index contributed by atoms with van der Waals surface area (Å²) in [5, 5.41) is 2.79. The molecule has 0 bridgehead atoms. The van der Waals surface area contributed by atoms with E-state index in [1.165, 1.54) is 11.4 Å². The van der Waals surface area contributed by atoms with Crippen LogP contribution >= 0.6 is 0 Å². The third-order valence-corrected chi connectivity index (χ3v) is 6.35. The molecule has 1 saturated heterocycles. The van der Waals surface area contributed by atoms with Gasteiger partial charge in [0, 0.05) is 33.3 Å². The Balaban J connectivity index is 2.42. The van der Waals surface area contributed by atoms with Crippen LogP contribution < -0.4 is 10.2 Å². The number of amides is 1. The number of anilines is 2. The molecule has 0 radical (unpaired) electrons. The Morgan fingerprint density at radius 2 is 1.88 bits per heavy atom. The smallest absolute Gasteiger partial charge is 0.250 e. The Bertz CT molecular complexity index is 696. The minimum atomic E-state index is -3.58. The van der Waals surface area contributed by atoms with Crippen molar-refractivity contribution in [2.75, 3.05) is 50.1 Å². The van der Waals surface area contributed by atoms with Gasteiger partial charge in [-0.2, -0.15) is 4.31 Å². The summed E-state index contributed by atoms with van der Waals surface area (Å²) in [6.07, 6.45) is 2.18. The summed E-state index contributed by atoms with van der Waals surface area (Å²) in [5.41, 5.74) is 1.36. The largest absolute Gasteiger partial charge is 0.375 e. The van der Waals surface area contributed by atoms with Gasteiger partial charge in [0.1, 0.15) is 6.61 Å². The van der Waals surface area contributed by atoms with E-state index < -0.39 is 10.0 Å². The Kier molecular flexibility index (Phi) is 6.80. The van der Waals surface area contributed by atoms with Crippen molar-refractivity contribution in [2.45, 2.75) is 31.6 Å². The summed E-state index contributed by atoms with van der Waals surface area (Å²) in [4.78, 5) is 14.3. The van der Waals surface area contributed by atoms with E-state index in [9.17, 15) is 13.2 Å². The van der Waals surface area contributed by atoms with Crippen molar-refractivity contribution in [3.8, 4) is 0 Å². The molecule has 1 aromatic rings. The van der Waals surface area contributed by atoms with Crippen molar-refractivity contribution in [2.24, 2.45) is 0 Å². The van der Waals surface area contributed by atoms with Crippen LogP contribution in [0, 0.1) is 0 Å². The van der Waals surface area contributed by atoms with Gasteiger partial charge in [0.15, 0.2) is 0 Å². The number of rotatable bonds is 8. The first-order chi connectivity index (χ1) is 11.9. The molecule has 0 spiro atoms. The molecule has 0 saturated carbocycles. The zero-order valence-electron chi connectivity index (χ0n) is 15.1. The minimum absolute atomic E-state index is 0.0769. The first-order valence-electron chi connectivity index (χ1n) is 8.62. The van der Waals surface area contributed by atoms with Gasteiger partial charge >= 0.3 is 0 Å². The predicted octanol–water partition coefficient (Wildman–Crippen LogP) is 1.90. The lowest BCUT2D eigenvalue weighted by molar-refractivity contribution is -0.119. The number of hydrogen-bond acceptors (Lipinski definition) is 5. The van der Waals surface area contributed by atoms with Crippen LogP contribution in [0.5, 0.6) is 0 Å². The van der Waals surface area contributed by atoms with E-state index in [0.29, 0.717) is 18.8 Å². The molecule has 1 aromatic carbocycles. The molecule has 0 unspecified atom stereocenters. The second-order valence-electron chi connectivity index (χ2n) is 5.94. The van der Waals surface area contributed by atoms with E-state index in [-0.39, 0.29) is 17.4 Å². The second kappa shape index (κ2) is 8.64. The standard InChI is InChI=1S/C17H27N3O4S/c1-4-20(5-2)25(22,23)14-8-9-16(19-10-6-7-11-19)15(12-14)18-17(21)13-24-3/h8-9,12H,4-7,10-11,13H2,1-3H3,(H,18,21). The van der Waals surface area contributed by atoms with Gasteiger partial charge in [-0.15, -0.1) is 0 Å². The number of nitrogens with zero attached hydrogens (tertiary/aromatic N) is 2. The number of carbonyl (C=O) groups excluding carboxylic acids is 1. The molecule has 1 heterocycles. The molecule has 0 aliphatic carbocycles. The summed E-state index contributed by atoms with van der Waals surface area (Å²) in [5.74, 6) is -0.305. The lowest BCUT2D eigenvalue weighted by atomic mass is 10.2. The fourth-order valence-corrected chi connectivity index (χ4v) is 4.52. The van der Waals surface area contributed by atoms with Gasteiger partial charge < -0.3 is 15.0 Å². The quantitative estimate of drug-likeness (QED) is 0.757. The minimum Gasteiger partial charge on any atom is -0.375 e. The van der Waals surface area contributed by atoms with Crippen molar-refractivity contribution >= 4 is 27.3 Å². The van der Waals surface area contributed by atoms with Gasteiger partial charge in [-0.3, -0.25) is 4.79 Å². The monoisotopic (exact) mass is 369 g/mol. The Hall–Kier alpha value is -1.64. The molecule has 1 N–H and O–H groups in total. The van der Waals surface area contributed by atoms with Gasteiger partial charge in [-0.1, -0.05) is 13.8 Å². The molecule has 0 atom stereocenters. The highest BCUT2D eigenvalue weighted by Gasteiger charge is 2.24. The fraction of sp³-hybridized carbons (Fsp3) is 0.588. The van der Waals surface area contributed by atoms with Crippen molar-refractivity contribution in [1.82, 2.24) is 4.31 Å². The van der Waals surface area contributed by atoms with E-state index in [1.54, 1.807) is 32.0 Å². The fourth-order valence-electron chi connectivity index (χ4n) is 3.04. The second-order valence-corrected chi connectivity index (χ2v) is 7.88. The highest BCUT2D eigenvalue weighted by molar-refractivity contribution is 7.89. The van der Waals surface area contributed by atoms with E-state index in [1.807, 2.05) is 0 Å². The van der Waals surface area contributed by atoms with Crippen LogP contribution in [-0.4, -0.2) is 58.5 Å². The highest BCUT2D eigenvalue weighted by Crippen LogP contribution is 2.32. The number of nitrogens with one attached hydrogen (secondary N) is 1. The zero-order chi connectivity index (χ0) is 18.4. The topological polar surface area (TPSA) is 79.0 Å². The summed E-state index contributed by atoms with van der Waals surface area (Å²) >= 11 is 0. The molecule has 1 aliphatic heterocycles. The van der Waals surface area contributed by atoms with Crippen molar-refractivity contribution < 1.29 is 17.9 Å². The molecule has 8 heteroatoms. The molecule has 140 valence electrons. The van der Waals surface area contributed by atoms with Crippen LogP contribution in [0.1, 0.15) is 26.7 Å². The van der Waals surface area contributed by atoms with E-state index in [4.69, 9.17) is 4.74 Å². The van der Waals surface area contributed by atoms with Crippen molar-refractivity contribution in [3.63, 3.8) is 0 Å². The molecule has 1 fully saturated rings. The van der Waals surface area contributed by atoms with Crippen molar-refractivity contribution in [3.05, 3.63) is 18.2 Å². The number of sulfonamides is 1. The average molecular weight is 369 g/mol. The molecular formula is C17H27N3O4S. The maximum atomic E-state index is 12.8. The molecule has 1 aliphatic rings. The van der Waals surface area contributed by atoms with Crippen LogP contribution in [0.25, 0.3) is 0 Å².